The van der Waals surface area contributed by atoms with Crippen molar-refractivity contribution >= 4 is 0 Å². The number of aryl methyl sites for hydroxylation is 2. The fourth-order valence-electron chi connectivity index (χ4n) is 3.22. The van der Waals surface area contributed by atoms with Crippen molar-refractivity contribution in [3.05, 3.63) is 59.2 Å². The maximum absolute atomic E-state index is 6.00. The molecule has 1 fully saturated rings. The molecule has 3 rings (SSSR count). The molecule has 1 aliphatic heterocycles. The lowest BCUT2D eigenvalue weighted by Crippen LogP contribution is -2.31. The second-order valence-electron chi connectivity index (χ2n) is 6.41. The summed E-state index contributed by atoms with van der Waals surface area (Å²) in [6.07, 6.45) is 2.56. The van der Waals surface area contributed by atoms with Crippen LogP contribution in [0.1, 0.15) is 35.6 Å². The third-order valence-electron chi connectivity index (χ3n) is 4.78. The third-order valence-corrected chi connectivity index (χ3v) is 4.78. The van der Waals surface area contributed by atoms with E-state index in [-0.39, 0.29) is 0 Å². The van der Waals surface area contributed by atoms with E-state index >= 15 is 0 Å². The topological polar surface area (TPSA) is 38.5 Å². The summed E-state index contributed by atoms with van der Waals surface area (Å²) < 4.78 is 5.96. The van der Waals surface area contributed by atoms with Gasteiger partial charge in [-0.05, 0) is 80.7 Å². The number of likely N-dealkylation sites (tertiary alicyclic amines) is 1. The molecule has 1 heterocycles. The smallest absolute Gasteiger partial charge is 0.127 e. The van der Waals surface area contributed by atoms with E-state index in [2.05, 4.69) is 43.0 Å². The summed E-state index contributed by atoms with van der Waals surface area (Å²) in [5, 5.41) is 0. The Balaban J connectivity index is 1.72. The molecule has 1 unspecified atom stereocenters. The maximum Gasteiger partial charge on any atom is 0.127 e. The minimum Gasteiger partial charge on any atom is -0.457 e. The van der Waals surface area contributed by atoms with Crippen LogP contribution < -0.4 is 10.5 Å². The molecule has 2 aromatic carbocycles. The van der Waals surface area contributed by atoms with Gasteiger partial charge >= 0.3 is 0 Å². The first-order valence-electron chi connectivity index (χ1n) is 8.46. The monoisotopic (exact) mass is 310 g/mol. The summed E-state index contributed by atoms with van der Waals surface area (Å²) in [6, 6.07) is 14.9. The molecule has 2 aromatic rings. The highest BCUT2D eigenvalue weighted by Gasteiger charge is 2.22. The standard InChI is InChI=1S/C20H26N2O/c1-15-5-8-19(13-16(15)2)23-18-9-6-17(7-10-18)20(14-21)22-11-3-4-12-22/h5-10,13,20H,3-4,11-12,14,21H2,1-2H3. The number of hydrogen-bond acceptors (Lipinski definition) is 3. The highest BCUT2D eigenvalue weighted by atomic mass is 16.5. The third kappa shape index (κ3) is 3.74. The van der Waals surface area contributed by atoms with Crippen molar-refractivity contribution < 1.29 is 4.74 Å². The number of benzene rings is 2. The lowest BCUT2D eigenvalue weighted by atomic mass is 10.1. The fourth-order valence-corrected chi connectivity index (χ4v) is 3.22. The Morgan fingerprint density at radius 3 is 2.22 bits per heavy atom. The molecule has 1 saturated heterocycles. The van der Waals surface area contributed by atoms with E-state index in [9.17, 15) is 0 Å². The Kier molecular flexibility index (Phi) is 4.99. The van der Waals surface area contributed by atoms with Crippen molar-refractivity contribution in [2.45, 2.75) is 32.7 Å². The lowest BCUT2D eigenvalue weighted by molar-refractivity contribution is 0.251. The summed E-state index contributed by atoms with van der Waals surface area (Å²) >= 11 is 0. The molecule has 0 bridgehead atoms. The van der Waals surface area contributed by atoms with Crippen LogP contribution in [0.5, 0.6) is 11.5 Å². The largest absolute Gasteiger partial charge is 0.457 e. The second kappa shape index (κ2) is 7.16. The van der Waals surface area contributed by atoms with Crippen molar-refractivity contribution in [1.82, 2.24) is 4.90 Å². The molecule has 0 aliphatic carbocycles. The number of rotatable bonds is 5. The van der Waals surface area contributed by atoms with E-state index in [0.717, 1.165) is 24.6 Å². The van der Waals surface area contributed by atoms with Crippen molar-refractivity contribution in [3.8, 4) is 11.5 Å². The Hall–Kier alpha value is -1.84. The SMILES string of the molecule is Cc1ccc(Oc2ccc(C(CN)N3CCCC3)cc2)cc1C. The minimum atomic E-state index is 0.327. The molecule has 0 amide bonds. The molecule has 1 atom stereocenters. The molecule has 3 nitrogen and oxygen atoms in total. The van der Waals surface area contributed by atoms with Gasteiger partial charge in [0.15, 0.2) is 0 Å². The van der Waals surface area contributed by atoms with Gasteiger partial charge in [0.05, 0.1) is 0 Å². The van der Waals surface area contributed by atoms with Gasteiger partial charge in [0, 0.05) is 12.6 Å². The molecule has 0 spiro atoms. The van der Waals surface area contributed by atoms with E-state index in [4.69, 9.17) is 10.5 Å². The highest BCUT2D eigenvalue weighted by molar-refractivity contribution is 5.38. The van der Waals surface area contributed by atoms with Crippen LogP contribution in [0.3, 0.4) is 0 Å². The molecule has 0 aromatic heterocycles. The van der Waals surface area contributed by atoms with E-state index in [1.807, 2.05) is 18.2 Å². The molecular weight excluding hydrogens is 284 g/mol. The van der Waals surface area contributed by atoms with Gasteiger partial charge in [-0.2, -0.15) is 0 Å². The number of hydrogen-bond donors (Lipinski definition) is 1. The predicted octanol–water partition coefficient (Wildman–Crippen LogP) is 4.19. The average Bonchev–Trinajstić information content (AvgIpc) is 3.07. The summed E-state index contributed by atoms with van der Waals surface area (Å²) in [6.45, 7) is 7.19. The molecule has 0 radical (unpaired) electrons. The van der Waals surface area contributed by atoms with E-state index in [1.165, 1.54) is 29.5 Å². The zero-order valence-electron chi connectivity index (χ0n) is 14.1. The Labute approximate surface area is 139 Å². The van der Waals surface area contributed by atoms with Gasteiger partial charge in [0.1, 0.15) is 11.5 Å². The van der Waals surface area contributed by atoms with Crippen LogP contribution in [0.25, 0.3) is 0 Å². The molecule has 3 heteroatoms. The van der Waals surface area contributed by atoms with E-state index in [0.29, 0.717) is 12.6 Å². The first-order chi connectivity index (χ1) is 11.2. The van der Waals surface area contributed by atoms with Crippen molar-refractivity contribution in [2.75, 3.05) is 19.6 Å². The Morgan fingerprint density at radius 1 is 0.957 bits per heavy atom. The number of ether oxygens (including phenoxy) is 1. The Bertz CT molecular complexity index is 645. The summed E-state index contributed by atoms with van der Waals surface area (Å²) in [7, 11) is 0. The van der Waals surface area contributed by atoms with Gasteiger partial charge in [-0.1, -0.05) is 18.2 Å². The predicted molar refractivity (Wildman–Crippen MR) is 95.0 cm³/mol. The van der Waals surface area contributed by atoms with Gasteiger partial charge in [-0.3, -0.25) is 4.90 Å². The molecule has 122 valence electrons. The van der Waals surface area contributed by atoms with Gasteiger partial charge in [-0.25, -0.2) is 0 Å². The lowest BCUT2D eigenvalue weighted by Gasteiger charge is -2.26. The zero-order chi connectivity index (χ0) is 16.2. The fraction of sp³-hybridized carbons (Fsp3) is 0.400. The van der Waals surface area contributed by atoms with Crippen LogP contribution >= 0.6 is 0 Å². The number of nitrogens with zero attached hydrogens (tertiary/aromatic N) is 1. The Morgan fingerprint density at radius 2 is 1.61 bits per heavy atom. The minimum absolute atomic E-state index is 0.327. The summed E-state index contributed by atoms with van der Waals surface area (Å²) in [4.78, 5) is 2.49. The first kappa shape index (κ1) is 16.0. The van der Waals surface area contributed by atoms with Gasteiger partial charge in [-0.15, -0.1) is 0 Å². The molecule has 1 aliphatic rings. The van der Waals surface area contributed by atoms with Crippen LogP contribution in [0.4, 0.5) is 0 Å². The molecule has 0 saturated carbocycles. The van der Waals surface area contributed by atoms with Gasteiger partial charge in [0.2, 0.25) is 0 Å². The van der Waals surface area contributed by atoms with Gasteiger partial charge < -0.3 is 10.5 Å². The first-order valence-corrected chi connectivity index (χ1v) is 8.46. The normalized spacial score (nSPS) is 16.5. The maximum atomic E-state index is 6.00. The number of nitrogens with two attached hydrogens (primary N) is 1. The van der Waals surface area contributed by atoms with Crippen LogP contribution in [-0.4, -0.2) is 24.5 Å². The van der Waals surface area contributed by atoms with E-state index in [1.54, 1.807) is 0 Å². The van der Waals surface area contributed by atoms with Gasteiger partial charge in [0.25, 0.3) is 0 Å². The molecular formula is C20H26N2O. The molecule has 23 heavy (non-hydrogen) atoms. The molecule has 2 N–H and O–H groups in total. The van der Waals surface area contributed by atoms with Crippen molar-refractivity contribution in [3.63, 3.8) is 0 Å². The van der Waals surface area contributed by atoms with E-state index < -0.39 is 0 Å². The zero-order valence-corrected chi connectivity index (χ0v) is 14.1. The van der Waals surface area contributed by atoms with Crippen LogP contribution in [-0.2, 0) is 0 Å². The second-order valence-corrected chi connectivity index (χ2v) is 6.41. The summed E-state index contributed by atoms with van der Waals surface area (Å²) in [5.74, 6) is 1.75. The van der Waals surface area contributed by atoms with Crippen LogP contribution in [0, 0.1) is 13.8 Å². The average molecular weight is 310 g/mol. The van der Waals surface area contributed by atoms with Crippen molar-refractivity contribution in [1.29, 1.82) is 0 Å². The van der Waals surface area contributed by atoms with Crippen molar-refractivity contribution in [2.24, 2.45) is 5.73 Å². The summed E-state index contributed by atoms with van der Waals surface area (Å²) in [5.41, 5.74) is 9.81. The van der Waals surface area contributed by atoms with Crippen LogP contribution in [0.15, 0.2) is 42.5 Å². The quantitative estimate of drug-likeness (QED) is 0.900. The highest BCUT2D eigenvalue weighted by Crippen LogP contribution is 2.28. The van der Waals surface area contributed by atoms with Crippen LogP contribution in [0.2, 0.25) is 0 Å².